The van der Waals surface area contributed by atoms with Gasteiger partial charge in [0.05, 0.1) is 0 Å². The highest BCUT2D eigenvalue weighted by molar-refractivity contribution is 5.99. The Hall–Kier alpha value is -2.30. The first-order valence-corrected chi connectivity index (χ1v) is 5.99. The number of carboxylic acids is 1. The van der Waals surface area contributed by atoms with Crippen molar-refractivity contribution < 1.29 is 14.7 Å². The monoisotopic (exact) mass is 260 g/mol. The van der Waals surface area contributed by atoms with Crippen LogP contribution in [0.25, 0.3) is 10.9 Å². The number of hydrogen-bond donors (Lipinski definition) is 3. The average molecular weight is 260 g/mol. The van der Waals surface area contributed by atoms with Crippen molar-refractivity contribution in [2.24, 2.45) is 0 Å². The summed E-state index contributed by atoms with van der Waals surface area (Å²) in [6.07, 6.45) is 0. The molecule has 2 aromatic rings. The Morgan fingerprint density at radius 2 is 2.00 bits per heavy atom. The van der Waals surface area contributed by atoms with Gasteiger partial charge in [-0.2, -0.15) is 0 Å². The molecule has 0 aliphatic heterocycles. The summed E-state index contributed by atoms with van der Waals surface area (Å²) in [7, 11) is 0. The number of aromatic carboxylic acids is 1. The second-order valence-electron chi connectivity index (χ2n) is 4.70. The van der Waals surface area contributed by atoms with Crippen molar-refractivity contribution in [3.63, 3.8) is 0 Å². The molecule has 0 saturated carbocycles. The van der Waals surface area contributed by atoms with E-state index in [1.165, 1.54) is 6.92 Å². The number of aromatic nitrogens is 1. The molecular weight excluding hydrogens is 244 g/mol. The Bertz CT molecular complexity index is 671. The lowest BCUT2D eigenvalue weighted by molar-refractivity contribution is -0.119. The Labute approximate surface area is 110 Å². The minimum absolute atomic E-state index is 0.137. The number of aromatic amines is 1. The number of fused-ring (bicyclic) bond motifs is 1. The molecule has 0 atom stereocenters. The summed E-state index contributed by atoms with van der Waals surface area (Å²) in [5.74, 6) is -1.20. The maximum atomic E-state index is 11.3. The SMILES string of the molecule is CC(=O)NCc1c(C(=O)O)[nH]c2cc(C)cc(C)c12. The zero-order valence-corrected chi connectivity index (χ0v) is 11.1. The molecular formula is C14H16N2O3. The summed E-state index contributed by atoms with van der Waals surface area (Å²) in [6.45, 7) is 5.51. The molecule has 0 radical (unpaired) electrons. The number of rotatable bonds is 3. The van der Waals surface area contributed by atoms with Gasteiger partial charge < -0.3 is 15.4 Å². The second-order valence-corrected chi connectivity index (χ2v) is 4.70. The lowest BCUT2D eigenvalue weighted by atomic mass is 10.0. The first-order valence-electron chi connectivity index (χ1n) is 5.99. The molecule has 5 heteroatoms. The van der Waals surface area contributed by atoms with Crippen molar-refractivity contribution in [1.82, 2.24) is 10.3 Å². The maximum Gasteiger partial charge on any atom is 0.352 e. The van der Waals surface area contributed by atoms with E-state index < -0.39 is 5.97 Å². The van der Waals surface area contributed by atoms with Crippen LogP contribution in [0, 0.1) is 13.8 Å². The first-order chi connectivity index (χ1) is 8.90. The molecule has 0 fully saturated rings. The molecule has 1 aromatic carbocycles. The highest BCUT2D eigenvalue weighted by Crippen LogP contribution is 2.27. The molecule has 0 aliphatic carbocycles. The summed E-state index contributed by atoms with van der Waals surface area (Å²) in [5.41, 5.74) is 3.61. The van der Waals surface area contributed by atoms with Crippen molar-refractivity contribution in [3.8, 4) is 0 Å². The number of carbonyl (C=O) groups excluding carboxylic acids is 1. The van der Waals surface area contributed by atoms with Crippen LogP contribution in [0.3, 0.4) is 0 Å². The van der Waals surface area contributed by atoms with Crippen LogP contribution < -0.4 is 5.32 Å². The van der Waals surface area contributed by atoms with E-state index in [4.69, 9.17) is 0 Å². The summed E-state index contributed by atoms with van der Waals surface area (Å²) < 4.78 is 0. The first kappa shape index (κ1) is 13.1. The standard InChI is InChI=1S/C14H16N2O3/c1-7-4-8(2)12-10(6-15-9(3)17)13(14(18)19)16-11(12)5-7/h4-5,16H,6H2,1-3H3,(H,15,17)(H,18,19). The smallest absolute Gasteiger partial charge is 0.352 e. The van der Waals surface area contributed by atoms with Gasteiger partial charge >= 0.3 is 5.97 Å². The normalized spacial score (nSPS) is 10.7. The molecule has 2 rings (SSSR count). The van der Waals surface area contributed by atoms with Crippen LogP contribution in [0.2, 0.25) is 0 Å². The lowest BCUT2D eigenvalue weighted by Crippen LogP contribution is -2.20. The third-order valence-electron chi connectivity index (χ3n) is 3.07. The number of aryl methyl sites for hydroxylation is 2. The van der Waals surface area contributed by atoms with Gasteiger partial charge in [-0.25, -0.2) is 4.79 Å². The molecule has 1 amide bonds. The molecule has 0 aliphatic rings. The van der Waals surface area contributed by atoms with Crippen molar-refractivity contribution in [1.29, 1.82) is 0 Å². The predicted molar refractivity (Wildman–Crippen MR) is 72.3 cm³/mol. The van der Waals surface area contributed by atoms with Crippen LogP contribution in [-0.2, 0) is 11.3 Å². The van der Waals surface area contributed by atoms with Gasteiger partial charge in [0.15, 0.2) is 0 Å². The van der Waals surface area contributed by atoms with Crippen LogP contribution in [0.1, 0.15) is 34.1 Å². The fraction of sp³-hybridized carbons (Fsp3) is 0.286. The van der Waals surface area contributed by atoms with Crippen LogP contribution in [0.4, 0.5) is 0 Å². The molecule has 100 valence electrons. The van der Waals surface area contributed by atoms with Crippen LogP contribution in [0.5, 0.6) is 0 Å². The Balaban J connectivity index is 2.65. The Kier molecular flexibility index (Phi) is 3.29. The minimum Gasteiger partial charge on any atom is -0.477 e. The zero-order valence-electron chi connectivity index (χ0n) is 11.1. The molecule has 19 heavy (non-hydrogen) atoms. The molecule has 5 nitrogen and oxygen atoms in total. The van der Waals surface area contributed by atoms with Gasteiger partial charge in [0.2, 0.25) is 5.91 Å². The van der Waals surface area contributed by atoms with Gasteiger partial charge in [0, 0.05) is 29.9 Å². The van der Waals surface area contributed by atoms with Gasteiger partial charge in [-0.1, -0.05) is 6.07 Å². The summed E-state index contributed by atoms with van der Waals surface area (Å²) in [4.78, 5) is 25.2. The summed E-state index contributed by atoms with van der Waals surface area (Å²) in [5, 5.41) is 12.8. The van der Waals surface area contributed by atoms with E-state index in [9.17, 15) is 14.7 Å². The van der Waals surface area contributed by atoms with Gasteiger partial charge in [-0.15, -0.1) is 0 Å². The Morgan fingerprint density at radius 1 is 1.32 bits per heavy atom. The molecule has 0 bridgehead atoms. The van der Waals surface area contributed by atoms with Crippen molar-refractivity contribution in [2.45, 2.75) is 27.3 Å². The van der Waals surface area contributed by atoms with E-state index in [1.807, 2.05) is 26.0 Å². The largest absolute Gasteiger partial charge is 0.477 e. The fourth-order valence-corrected chi connectivity index (χ4v) is 2.37. The summed E-state index contributed by atoms with van der Waals surface area (Å²) >= 11 is 0. The van der Waals surface area contributed by atoms with E-state index in [0.29, 0.717) is 5.56 Å². The fourth-order valence-electron chi connectivity index (χ4n) is 2.37. The number of nitrogens with one attached hydrogen (secondary N) is 2. The van der Waals surface area contributed by atoms with E-state index in [-0.39, 0.29) is 18.1 Å². The van der Waals surface area contributed by atoms with Gasteiger partial charge in [0.1, 0.15) is 5.69 Å². The molecule has 1 aromatic heterocycles. The van der Waals surface area contributed by atoms with Crippen LogP contribution >= 0.6 is 0 Å². The quantitative estimate of drug-likeness (QED) is 0.790. The highest BCUT2D eigenvalue weighted by Gasteiger charge is 2.18. The van der Waals surface area contributed by atoms with E-state index in [1.54, 1.807) is 0 Å². The molecule has 0 saturated heterocycles. The van der Waals surface area contributed by atoms with Crippen LogP contribution in [0.15, 0.2) is 12.1 Å². The zero-order chi connectivity index (χ0) is 14.2. The van der Waals surface area contributed by atoms with Gasteiger partial charge in [0.25, 0.3) is 0 Å². The van der Waals surface area contributed by atoms with Crippen molar-refractivity contribution in [3.05, 3.63) is 34.5 Å². The number of carbonyl (C=O) groups is 2. The van der Waals surface area contributed by atoms with Crippen LogP contribution in [-0.4, -0.2) is 22.0 Å². The van der Waals surface area contributed by atoms with Crippen molar-refractivity contribution in [2.75, 3.05) is 0 Å². The van der Waals surface area contributed by atoms with Gasteiger partial charge in [-0.05, 0) is 31.0 Å². The second kappa shape index (κ2) is 4.76. The van der Waals surface area contributed by atoms with Gasteiger partial charge in [-0.3, -0.25) is 4.79 Å². The number of H-pyrrole nitrogens is 1. The molecule has 0 spiro atoms. The summed E-state index contributed by atoms with van der Waals surface area (Å²) in [6, 6.07) is 3.91. The molecule has 1 heterocycles. The highest BCUT2D eigenvalue weighted by atomic mass is 16.4. The van der Waals surface area contributed by atoms with Crippen molar-refractivity contribution >= 4 is 22.8 Å². The molecule has 3 N–H and O–H groups in total. The van der Waals surface area contributed by atoms with E-state index in [0.717, 1.165) is 22.0 Å². The number of carboxylic acid groups (broad SMARTS) is 1. The Morgan fingerprint density at radius 3 is 2.58 bits per heavy atom. The molecule has 0 unspecified atom stereocenters. The number of hydrogen-bond acceptors (Lipinski definition) is 2. The topological polar surface area (TPSA) is 82.2 Å². The number of benzene rings is 1. The third kappa shape index (κ3) is 2.45. The lowest BCUT2D eigenvalue weighted by Gasteiger charge is -2.05. The average Bonchev–Trinajstić information content (AvgIpc) is 2.64. The van der Waals surface area contributed by atoms with E-state index in [2.05, 4.69) is 10.3 Å². The minimum atomic E-state index is -1.02. The third-order valence-corrected chi connectivity index (χ3v) is 3.07. The maximum absolute atomic E-state index is 11.3. The van der Waals surface area contributed by atoms with E-state index >= 15 is 0 Å². The number of amides is 1. The predicted octanol–water partition coefficient (Wildman–Crippen LogP) is 2.12.